The third-order valence-electron chi connectivity index (χ3n) is 12.0. The molecule has 2 unspecified atom stereocenters. The van der Waals surface area contributed by atoms with Crippen LogP contribution in [0.1, 0.15) is 159 Å². The van der Waals surface area contributed by atoms with E-state index in [0.29, 0.717) is 11.5 Å². The Balaban J connectivity index is 0.000000199. The van der Waals surface area contributed by atoms with Crippen molar-refractivity contribution in [2.45, 2.75) is 167 Å². The number of ether oxygens (including phenoxy) is 2. The molecule has 0 saturated heterocycles. The van der Waals surface area contributed by atoms with Crippen LogP contribution in [0.15, 0.2) is 24.3 Å². The lowest BCUT2D eigenvalue weighted by Crippen LogP contribution is -2.44. The van der Waals surface area contributed by atoms with E-state index < -0.39 is 8.32 Å². The maximum absolute atomic E-state index is 12.7. The largest absolute Gasteiger partial charge is 0.543 e. The summed E-state index contributed by atoms with van der Waals surface area (Å²) in [5.41, 5.74) is 4.36. The molecule has 2 aromatic rings. The van der Waals surface area contributed by atoms with Gasteiger partial charge in [-0.2, -0.15) is 0 Å². The Labute approximate surface area is 296 Å². The van der Waals surface area contributed by atoms with Crippen LogP contribution < -0.4 is 13.9 Å². The highest BCUT2D eigenvalue weighted by Crippen LogP contribution is 2.52. The van der Waals surface area contributed by atoms with E-state index in [-0.39, 0.29) is 40.6 Å². The Kier molecular flexibility index (Phi) is 12.3. The van der Waals surface area contributed by atoms with Gasteiger partial charge in [0.25, 0.3) is 0 Å². The highest BCUT2D eigenvalue weighted by Gasteiger charge is 2.45. The molecule has 4 aliphatic rings. The van der Waals surface area contributed by atoms with E-state index in [2.05, 4.69) is 59.8 Å². The molecule has 270 valence electrons. The monoisotopic (exact) mass is 690 g/mol. The van der Waals surface area contributed by atoms with E-state index >= 15 is 0 Å². The molecule has 0 spiro atoms. The van der Waals surface area contributed by atoms with E-state index in [0.717, 1.165) is 93.3 Å². The molecular formula is C42H62O6Si. The summed E-state index contributed by atoms with van der Waals surface area (Å²) in [6.07, 6.45) is 17.4. The number of phenols is 1. The average molecular weight is 691 g/mol. The summed E-state index contributed by atoms with van der Waals surface area (Å²) in [5, 5.41) is 10.6. The Morgan fingerprint density at radius 2 is 1.14 bits per heavy atom. The van der Waals surface area contributed by atoms with Gasteiger partial charge in [0, 0.05) is 23.0 Å². The molecule has 0 bridgehead atoms. The Morgan fingerprint density at radius 3 is 1.63 bits per heavy atom. The van der Waals surface area contributed by atoms with Gasteiger partial charge in [0.1, 0.15) is 23.0 Å². The first-order chi connectivity index (χ1) is 23.3. The first kappa shape index (κ1) is 37.5. The van der Waals surface area contributed by atoms with Crippen LogP contribution in [-0.2, 0) is 22.4 Å². The zero-order valence-corrected chi connectivity index (χ0v) is 32.4. The summed E-state index contributed by atoms with van der Waals surface area (Å²) < 4.78 is 18.3. The van der Waals surface area contributed by atoms with Crippen molar-refractivity contribution in [3.05, 3.63) is 46.5 Å². The lowest BCUT2D eigenvalue weighted by atomic mass is 9.73. The number of unbranched alkanes of at least 4 members (excludes halogenated alkanes) is 4. The molecular weight excluding hydrogens is 629 g/mol. The second-order valence-corrected chi connectivity index (χ2v) is 21.4. The summed E-state index contributed by atoms with van der Waals surface area (Å²) in [7, 11) is -1.98. The number of esters is 2. The molecule has 0 radical (unpaired) electrons. The van der Waals surface area contributed by atoms with Crippen molar-refractivity contribution >= 4 is 20.3 Å². The predicted molar refractivity (Wildman–Crippen MR) is 199 cm³/mol. The number of hydrogen-bond donors (Lipinski definition) is 1. The van der Waals surface area contributed by atoms with Crippen LogP contribution in [0.3, 0.4) is 0 Å². The molecule has 2 heterocycles. The minimum Gasteiger partial charge on any atom is -0.543 e. The van der Waals surface area contributed by atoms with Gasteiger partial charge in [-0.15, -0.1) is 0 Å². The van der Waals surface area contributed by atoms with Crippen LogP contribution in [0.25, 0.3) is 0 Å². The first-order valence-electron chi connectivity index (χ1n) is 19.5. The van der Waals surface area contributed by atoms with Gasteiger partial charge in [-0.05, 0) is 105 Å². The van der Waals surface area contributed by atoms with Crippen LogP contribution in [0.2, 0.25) is 18.1 Å². The van der Waals surface area contributed by atoms with Gasteiger partial charge in [0.2, 0.25) is 8.32 Å². The van der Waals surface area contributed by atoms with E-state index in [4.69, 9.17) is 13.9 Å². The standard InChI is InChI=1S/C24H38O3Si.C18H24O3/c1-7-8-9-12-17-15-20-22(18-13-10-11-14-19(18)23(25)26-20)21(16-17)27-28(5,6)24(2,3)4;1-2-3-4-7-12-10-15(19)17-13-8-5-6-9-14(13)18(20)21-16(17)11-12/h15-16,18-19H,7-14H2,1-6H3;10-11,13-14,19H,2-9H2,1H3/t18?,19-;13?,14-/m11/s1. The van der Waals surface area contributed by atoms with E-state index in [1.54, 1.807) is 0 Å². The SMILES string of the molecule is CCCCCc1cc(O)c2c(c1)OC(=O)[C@@H]1CCCCC21.CCCCCc1cc2c(c(O[Si](C)(C)C(C)(C)C)c1)C1CCCC[C@H]1C(=O)O2. The highest BCUT2D eigenvalue weighted by atomic mass is 28.4. The van der Waals surface area contributed by atoms with Crippen molar-refractivity contribution < 1.29 is 28.6 Å². The summed E-state index contributed by atoms with van der Waals surface area (Å²) in [4.78, 5) is 24.8. The maximum Gasteiger partial charge on any atom is 0.314 e. The second-order valence-electron chi connectivity index (χ2n) is 16.6. The average Bonchev–Trinajstić information content (AvgIpc) is 3.04. The van der Waals surface area contributed by atoms with Crippen LogP contribution in [0, 0.1) is 11.8 Å². The third kappa shape index (κ3) is 8.57. The summed E-state index contributed by atoms with van der Waals surface area (Å²) in [6.45, 7) is 15.8. The maximum atomic E-state index is 12.7. The van der Waals surface area contributed by atoms with Gasteiger partial charge in [0.05, 0.1) is 11.8 Å². The number of carbonyl (C=O) groups is 2. The van der Waals surface area contributed by atoms with Crippen LogP contribution in [-0.4, -0.2) is 25.4 Å². The first-order valence-corrected chi connectivity index (χ1v) is 22.4. The normalized spacial score (nSPS) is 23.1. The van der Waals surface area contributed by atoms with Crippen molar-refractivity contribution in [3.8, 4) is 23.0 Å². The number of hydrogen-bond acceptors (Lipinski definition) is 6. The molecule has 0 aromatic heterocycles. The zero-order chi connectivity index (χ0) is 35.3. The fourth-order valence-corrected chi connectivity index (χ4v) is 9.10. The number of benzene rings is 2. The third-order valence-corrected chi connectivity index (χ3v) is 16.3. The smallest absolute Gasteiger partial charge is 0.314 e. The molecule has 49 heavy (non-hydrogen) atoms. The summed E-state index contributed by atoms with van der Waals surface area (Å²) >= 11 is 0. The summed E-state index contributed by atoms with van der Waals surface area (Å²) in [5.74, 6) is 2.94. The molecule has 2 aliphatic carbocycles. The zero-order valence-electron chi connectivity index (χ0n) is 31.4. The molecule has 2 saturated carbocycles. The Bertz CT molecular complexity index is 1470. The van der Waals surface area contributed by atoms with Crippen molar-refractivity contribution in [3.63, 3.8) is 0 Å². The Hall–Kier alpha value is -2.80. The molecule has 2 aliphatic heterocycles. The molecule has 7 heteroatoms. The molecule has 4 atom stereocenters. The van der Waals surface area contributed by atoms with Gasteiger partial charge in [-0.3, -0.25) is 9.59 Å². The molecule has 2 fully saturated rings. The lowest BCUT2D eigenvalue weighted by Gasteiger charge is -2.40. The van der Waals surface area contributed by atoms with Gasteiger partial charge >= 0.3 is 11.9 Å². The predicted octanol–water partition coefficient (Wildman–Crippen LogP) is 11.3. The quantitative estimate of drug-likeness (QED) is 0.116. The van der Waals surface area contributed by atoms with Crippen molar-refractivity contribution in [2.24, 2.45) is 11.8 Å². The Morgan fingerprint density at radius 1 is 0.694 bits per heavy atom. The number of rotatable bonds is 10. The fraction of sp³-hybridized carbons (Fsp3) is 0.667. The van der Waals surface area contributed by atoms with Crippen molar-refractivity contribution in [1.82, 2.24) is 0 Å². The van der Waals surface area contributed by atoms with Crippen LogP contribution >= 0.6 is 0 Å². The van der Waals surface area contributed by atoms with Gasteiger partial charge < -0.3 is 19.0 Å². The number of carbonyl (C=O) groups excluding carboxylic acids is 2. The van der Waals surface area contributed by atoms with Gasteiger partial charge in [-0.25, -0.2) is 0 Å². The molecule has 6 nitrogen and oxygen atoms in total. The van der Waals surface area contributed by atoms with E-state index in [9.17, 15) is 14.7 Å². The number of aryl methyl sites for hydroxylation is 2. The van der Waals surface area contributed by atoms with Gasteiger partial charge in [0.15, 0.2) is 0 Å². The minimum atomic E-state index is -1.98. The number of fused-ring (bicyclic) bond motifs is 6. The molecule has 0 amide bonds. The fourth-order valence-electron chi connectivity index (χ4n) is 8.07. The second kappa shape index (κ2) is 16.0. The topological polar surface area (TPSA) is 82.1 Å². The van der Waals surface area contributed by atoms with E-state index in [1.165, 1.54) is 43.2 Å². The van der Waals surface area contributed by atoms with Gasteiger partial charge in [-0.1, -0.05) is 86.0 Å². The summed E-state index contributed by atoms with van der Waals surface area (Å²) in [6, 6.07) is 8.22. The molecule has 1 N–H and O–H groups in total. The van der Waals surface area contributed by atoms with Crippen LogP contribution in [0.5, 0.6) is 23.0 Å². The van der Waals surface area contributed by atoms with Crippen molar-refractivity contribution in [1.29, 1.82) is 0 Å². The number of phenolic OH excluding ortho intramolecular Hbond substituents is 1. The number of aromatic hydroxyl groups is 1. The van der Waals surface area contributed by atoms with E-state index in [1.807, 2.05) is 12.1 Å². The molecule has 2 aromatic carbocycles. The lowest BCUT2D eigenvalue weighted by molar-refractivity contribution is -0.143. The highest BCUT2D eigenvalue weighted by molar-refractivity contribution is 6.74. The minimum absolute atomic E-state index is 0.00829. The van der Waals surface area contributed by atoms with Crippen molar-refractivity contribution in [2.75, 3.05) is 0 Å². The molecule has 6 rings (SSSR count). The van der Waals surface area contributed by atoms with Crippen LogP contribution in [0.4, 0.5) is 0 Å².